The first-order chi connectivity index (χ1) is 18.3. The fourth-order valence-electron chi connectivity index (χ4n) is 4.14. The lowest BCUT2D eigenvalue weighted by Gasteiger charge is -2.15. The molecule has 1 aliphatic heterocycles. The standard InChI is InChI=1S/C29H20Cl3NO4S/c1-36-25-12-17(11-24(32)27(25)37-16-20-7-4-6-18-5-2-3-8-22(18)20)13-26-28(34)33(29(35)38-26)15-19-9-10-21(30)14-23(19)31/h2-14H,15-16H2,1H3/b26-13-. The largest absolute Gasteiger partial charge is 0.493 e. The Morgan fingerprint density at radius 1 is 0.895 bits per heavy atom. The molecule has 1 saturated heterocycles. The van der Waals surface area contributed by atoms with E-state index in [0.717, 1.165) is 33.0 Å². The van der Waals surface area contributed by atoms with Gasteiger partial charge in [0.25, 0.3) is 11.1 Å². The van der Waals surface area contributed by atoms with E-state index in [4.69, 9.17) is 44.3 Å². The Labute approximate surface area is 238 Å². The molecule has 0 radical (unpaired) electrons. The summed E-state index contributed by atoms with van der Waals surface area (Å²) in [6.07, 6.45) is 1.61. The van der Waals surface area contributed by atoms with Crippen LogP contribution in [0.1, 0.15) is 16.7 Å². The van der Waals surface area contributed by atoms with Gasteiger partial charge in [0.2, 0.25) is 0 Å². The number of amides is 2. The molecule has 0 saturated carbocycles. The average Bonchev–Trinajstić information content (AvgIpc) is 3.16. The molecule has 9 heteroatoms. The van der Waals surface area contributed by atoms with Crippen LogP contribution in [-0.2, 0) is 17.9 Å². The van der Waals surface area contributed by atoms with Crippen LogP contribution in [-0.4, -0.2) is 23.2 Å². The first kappa shape index (κ1) is 26.4. The summed E-state index contributed by atoms with van der Waals surface area (Å²) >= 11 is 19.6. The predicted octanol–water partition coefficient (Wildman–Crippen LogP) is 8.62. The zero-order valence-electron chi connectivity index (χ0n) is 20.0. The van der Waals surface area contributed by atoms with Crippen molar-refractivity contribution >= 4 is 74.6 Å². The van der Waals surface area contributed by atoms with E-state index >= 15 is 0 Å². The zero-order chi connectivity index (χ0) is 26.8. The van der Waals surface area contributed by atoms with Crippen molar-refractivity contribution in [2.45, 2.75) is 13.2 Å². The number of ether oxygens (including phenoxy) is 2. The van der Waals surface area contributed by atoms with Crippen molar-refractivity contribution in [1.29, 1.82) is 0 Å². The molecular weight excluding hydrogens is 565 g/mol. The van der Waals surface area contributed by atoms with Gasteiger partial charge in [0.1, 0.15) is 6.61 Å². The second kappa shape index (κ2) is 11.3. The number of thioether (sulfide) groups is 1. The lowest BCUT2D eigenvalue weighted by atomic mass is 10.1. The third-order valence-corrected chi connectivity index (χ3v) is 7.79. The number of nitrogens with zero attached hydrogens (tertiary/aromatic N) is 1. The van der Waals surface area contributed by atoms with E-state index in [9.17, 15) is 9.59 Å². The molecule has 4 aromatic carbocycles. The van der Waals surface area contributed by atoms with Gasteiger partial charge >= 0.3 is 0 Å². The molecule has 4 aromatic rings. The Morgan fingerprint density at radius 2 is 1.68 bits per heavy atom. The second-order valence-corrected chi connectivity index (χ2v) is 10.7. The van der Waals surface area contributed by atoms with Gasteiger partial charge in [-0.3, -0.25) is 14.5 Å². The van der Waals surface area contributed by atoms with Crippen LogP contribution in [0, 0.1) is 0 Å². The van der Waals surface area contributed by atoms with Crippen molar-refractivity contribution in [3.8, 4) is 11.5 Å². The number of imide groups is 1. The number of rotatable bonds is 7. The number of hydrogen-bond acceptors (Lipinski definition) is 5. The summed E-state index contributed by atoms with van der Waals surface area (Å²) in [7, 11) is 1.52. The number of benzene rings is 4. The Morgan fingerprint density at radius 3 is 2.47 bits per heavy atom. The SMILES string of the molecule is COc1cc(/C=C2\SC(=O)N(Cc3ccc(Cl)cc3Cl)C2=O)cc(Cl)c1OCc1cccc2ccccc12. The smallest absolute Gasteiger partial charge is 0.293 e. The Balaban J connectivity index is 1.36. The zero-order valence-corrected chi connectivity index (χ0v) is 23.1. The number of methoxy groups -OCH3 is 1. The molecule has 1 aliphatic rings. The van der Waals surface area contributed by atoms with E-state index in [0.29, 0.717) is 44.3 Å². The van der Waals surface area contributed by atoms with Crippen molar-refractivity contribution in [2.24, 2.45) is 0 Å². The third kappa shape index (κ3) is 5.49. The lowest BCUT2D eigenvalue weighted by molar-refractivity contribution is -0.123. The fourth-order valence-corrected chi connectivity index (χ4v) is 5.72. The van der Waals surface area contributed by atoms with Gasteiger partial charge in [-0.2, -0.15) is 0 Å². The van der Waals surface area contributed by atoms with Gasteiger partial charge < -0.3 is 9.47 Å². The van der Waals surface area contributed by atoms with Crippen LogP contribution in [0.2, 0.25) is 15.1 Å². The second-order valence-electron chi connectivity index (χ2n) is 8.46. The summed E-state index contributed by atoms with van der Waals surface area (Å²) in [5.41, 5.74) is 2.23. The quantitative estimate of drug-likeness (QED) is 0.204. The van der Waals surface area contributed by atoms with E-state index in [1.54, 1.807) is 36.4 Å². The number of carbonyl (C=O) groups excluding carboxylic acids is 2. The number of hydrogen-bond donors (Lipinski definition) is 0. The highest BCUT2D eigenvalue weighted by Gasteiger charge is 2.35. The molecule has 0 atom stereocenters. The summed E-state index contributed by atoms with van der Waals surface area (Å²) < 4.78 is 11.6. The molecule has 192 valence electrons. The Bertz CT molecular complexity index is 1600. The van der Waals surface area contributed by atoms with Crippen LogP contribution >= 0.6 is 46.6 Å². The summed E-state index contributed by atoms with van der Waals surface area (Å²) in [6.45, 7) is 0.339. The first-order valence-electron chi connectivity index (χ1n) is 11.5. The molecule has 0 unspecified atom stereocenters. The first-order valence-corrected chi connectivity index (χ1v) is 13.5. The van der Waals surface area contributed by atoms with Crippen LogP contribution in [0.3, 0.4) is 0 Å². The molecule has 0 N–H and O–H groups in total. The summed E-state index contributed by atoms with van der Waals surface area (Å²) in [6, 6.07) is 22.4. The molecule has 5 rings (SSSR count). The van der Waals surface area contributed by atoms with Crippen molar-refractivity contribution in [1.82, 2.24) is 4.90 Å². The number of carbonyl (C=O) groups is 2. The minimum atomic E-state index is -0.419. The highest BCUT2D eigenvalue weighted by molar-refractivity contribution is 8.18. The van der Waals surface area contributed by atoms with Gasteiger partial charge in [0.05, 0.1) is 23.6 Å². The van der Waals surface area contributed by atoms with E-state index in [1.165, 1.54) is 7.11 Å². The summed E-state index contributed by atoms with van der Waals surface area (Å²) in [5.74, 6) is 0.387. The number of fused-ring (bicyclic) bond motifs is 1. The molecule has 0 aliphatic carbocycles. The van der Waals surface area contributed by atoms with E-state index in [2.05, 4.69) is 0 Å². The third-order valence-electron chi connectivity index (χ3n) is 6.02. The topological polar surface area (TPSA) is 55.8 Å². The van der Waals surface area contributed by atoms with Crippen LogP contribution in [0.5, 0.6) is 11.5 Å². The van der Waals surface area contributed by atoms with Crippen LogP contribution < -0.4 is 9.47 Å². The predicted molar refractivity (Wildman–Crippen MR) is 154 cm³/mol. The number of halogens is 3. The van der Waals surface area contributed by atoms with Gasteiger partial charge in [-0.1, -0.05) is 83.3 Å². The van der Waals surface area contributed by atoms with Crippen molar-refractivity contribution in [2.75, 3.05) is 7.11 Å². The van der Waals surface area contributed by atoms with E-state index < -0.39 is 5.91 Å². The normalized spacial score (nSPS) is 14.5. The molecule has 0 spiro atoms. The fraction of sp³-hybridized carbons (Fsp3) is 0.103. The van der Waals surface area contributed by atoms with Gasteiger partial charge in [0.15, 0.2) is 11.5 Å². The van der Waals surface area contributed by atoms with Crippen LogP contribution in [0.15, 0.2) is 77.7 Å². The molecule has 1 fully saturated rings. The minimum Gasteiger partial charge on any atom is -0.493 e. The van der Waals surface area contributed by atoms with Crippen LogP contribution in [0.25, 0.3) is 16.8 Å². The molecule has 1 heterocycles. The van der Waals surface area contributed by atoms with Crippen molar-refractivity contribution in [3.05, 3.63) is 109 Å². The molecule has 38 heavy (non-hydrogen) atoms. The molecule has 0 bridgehead atoms. The Kier molecular flexibility index (Phi) is 7.86. The molecular formula is C29H20Cl3NO4S. The highest BCUT2D eigenvalue weighted by atomic mass is 35.5. The summed E-state index contributed by atoms with van der Waals surface area (Å²) in [4.78, 5) is 27.1. The van der Waals surface area contributed by atoms with Gasteiger partial charge in [0, 0.05) is 10.0 Å². The monoisotopic (exact) mass is 583 g/mol. The Hall–Kier alpha value is -3.16. The maximum atomic E-state index is 13.0. The van der Waals surface area contributed by atoms with E-state index in [1.807, 2.05) is 42.5 Å². The highest BCUT2D eigenvalue weighted by Crippen LogP contribution is 2.40. The van der Waals surface area contributed by atoms with Gasteiger partial charge in [-0.05, 0) is 69.6 Å². The van der Waals surface area contributed by atoms with Crippen molar-refractivity contribution < 1.29 is 19.1 Å². The van der Waals surface area contributed by atoms with Crippen molar-refractivity contribution in [3.63, 3.8) is 0 Å². The molecule has 2 amide bonds. The van der Waals surface area contributed by atoms with Gasteiger partial charge in [-0.15, -0.1) is 0 Å². The molecule has 0 aromatic heterocycles. The lowest BCUT2D eigenvalue weighted by Crippen LogP contribution is -2.27. The average molecular weight is 585 g/mol. The molecule has 5 nitrogen and oxygen atoms in total. The van der Waals surface area contributed by atoms with E-state index in [-0.39, 0.29) is 16.7 Å². The maximum Gasteiger partial charge on any atom is 0.293 e. The van der Waals surface area contributed by atoms with Gasteiger partial charge in [-0.25, -0.2) is 0 Å². The maximum absolute atomic E-state index is 13.0. The minimum absolute atomic E-state index is 0.0447. The van der Waals surface area contributed by atoms with Crippen LogP contribution in [0.4, 0.5) is 4.79 Å². The summed E-state index contributed by atoms with van der Waals surface area (Å²) in [5, 5.41) is 3.01.